The van der Waals surface area contributed by atoms with Crippen LogP contribution in [-0.4, -0.2) is 64.0 Å². The van der Waals surface area contributed by atoms with Crippen LogP contribution in [0.25, 0.3) is 22.0 Å². The number of aryl methyl sites for hydroxylation is 1. The highest BCUT2D eigenvalue weighted by atomic mass is 16.5. The third-order valence-electron chi connectivity index (χ3n) is 10.2. The maximum atomic E-state index is 13.6. The highest BCUT2D eigenvalue weighted by Gasteiger charge is 2.58. The van der Waals surface area contributed by atoms with E-state index in [1.54, 1.807) is 4.57 Å². The highest BCUT2D eigenvalue weighted by molar-refractivity contribution is 5.86. The molecular formula is C35H47N5O4. The Morgan fingerprint density at radius 3 is 2.68 bits per heavy atom. The Bertz CT molecular complexity index is 1520. The predicted molar refractivity (Wildman–Crippen MR) is 171 cm³/mol. The number of hydrogen-bond acceptors (Lipinski definition) is 6. The van der Waals surface area contributed by atoms with Gasteiger partial charge in [0.1, 0.15) is 11.6 Å². The average molecular weight is 602 g/mol. The van der Waals surface area contributed by atoms with Crippen molar-refractivity contribution in [3.05, 3.63) is 52.8 Å². The number of ketones is 1. The number of nitrogens with one attached hydrogen (secondary N) is 2. The van der Waals surface area contributed by atoms with Gasteiger partial charge in [-0.3, -0.25) is 14.4 Å². The molecule has 7 aliphatic rings. The predicted octanol–water partition coefficient (Wildman–Crippen LogP) is 5.39. The van der Waals surface area contributed by atoms with Gasteiger partial charge >= 0.3 is 0 Å². The van der Waals surface area contributed by atoms with E-state index in [1.807, 2.05) is 43.6 Å². The van der Waals surface area contributed by atoms with Gasteiger partial charge in [0.05, 0.1) is 17.9 Å². The van der Waals surface area contributed by atoms with E-state index < -0.39 is 0 Å². The first-order valence-electron chi connectivity index (χ1n) is 16.8. The van der Waals surface area contributed by atoms with Crippen LogP contribution in [0.15, 0.2) is 41.5 Å². The number of imidazole rings is 1. The molecule has 8 heterocycles. The van der Waals surface area contributed by atoms with Crippen LogP contribution >= 0.6 is 0 Å². The second kappa shape index (κ2) is 13.8. The Balaban J connectivity index is 1.23. The van der Waals surface area contributed by atoms with Crippen LogP contribution < -0.4 is 10.9 Å². The summed E-state index contributed by atoms with van der Waals surface area (Å²) in [6, 6.07) is 7.67. The van der Waals surface area contributed by atoms with Gasteiger partial charge in [0.2, 0.25) is 5.91 Å². The van der Waals surface area contributed by atoms with Crippen molar-refractivity contribution in [1.29, 1.82) is 0 Å². The summed E-state index contributed by atoms with van der Waals surface area (Å²) in [5, 5.41) is 4.96. The van der Waals surface area contributed by atoms with Crippen LogP contribution in [0.3, 0.4) is 0 Å². The lowest BCUT2D eigenvalue weighted by atomic mass is 9.90. The number of aromatic amines is 1. The van der Waals surface area contributed by atoms with E-state index in [9.17, 15) is 14.4 Å². The molecule has 9 heteroatoms. The summed E-state index contributed by atoms with van der Waals surface area (Å²) < 4.78 is 7.68. The quantitative estimate of drug-likeness (QED) is 0.352. The van der Waals surface area contributed by atoms with Gasteiger partial charge in [-0.05, 0) is 87.0 Å². The average Bonchev–Trinajstić information content (AvgIpc) is 3.51. The number of unbranched alkanes of at least 4 members (excludes halogenated alkanes) is 2. The summed E-state index contributed by atoms with van der Waals surface area (Å²) >= 11 is 0. The van der Waals surface area contributed by atoms with Crippen LogP contribution in [-0.2, 0) is 20.9 Å². The monoisotopic (exact) mass is 601 g/mol. The zero-order valence-electron chi connectivity index (χ0n) is 26.1. The maximum Gasteiger partial charge on any atom is 0.258 e. The van der Waals surface area contributed by atoms with Crippen molar-refractivity contribution in [2.45, 2.75) is 90.1 Å². The van der Waals surface area contributed by atoms with Crippen molar-refractivity contribution in [2.75, 3.05) is 32.8 Å². The Morgan fingerprint density at radius 1 is 1.05 bits per heavy atom. The minimum Gasteiger partial charge on any atom is -0.381 e. The number of carbonyl (C=O) groups is 2. The van der Waals surface area contributed by atoms with Crippen LogP contribution in [0.5, 0.6) is 0 Å². The van der Waals surface area contributed by atoms with Crippen LogP contribution in [0.2, 0.25) is 0 Å². The van der Waals surface area contributed by atoms with Crippen molar-refractivity contribution >= 4 is 22.5 Å². The molecule has 1 amide bonds. The van der Waals surface area contributed by atoms with Crippen molar-refractivity contribution in [3.63, 3.8) is 0 Å². The van der Waals surface area contributed by atoms with Crippen LogP contribution in [0.4, 0.5) is 0 Å². The van der Waals surface area contributed by atoms with E-state index in [4.69, 9.17) is 9.72 Å². The zero-order valence-corrected chi connectivity index (χ0v) is 26.1. The van der Waals surface area contributed by atoms with Gasteiger partial charge in [0.25, 0.3) is 5.56 Å². The minimum absolute atomic E-state index is 0.0125. The van der Waals surface area contributed by atoms with Gasteiger partial charge in [0.15, 0.2) is 0 Å². The summed E-state index contributed by atoms with van der Waals surface area (Å²) in [4.78, 5) is 49.3. The first-order chi connectivity index (χ1) is 21.5. The first-order valence-corrected chi connectivity index (χ1v) is 16.8. The number of hydrogen-bond donors (Lipinski definition) is 2. The van der Waals surface area contributed by atoms with Gasteiger partial charge in [-0.1, -0.05) is 25.8 Å². The normalized spacial score (nSPS) is 26.0. The number of aromatic nitrogens is 3. The number of benzene rings is 1. The summed E-state index contributed by atoms with van der Waals surface area (Å²) in [6.07, 6.45) is 13.3. The van der Waals surface area contributed by atoms with Gasteiger partial charge in [-0.15, -0.1) is 0 Å². The molecule has 3 aromatic rings. The lowest BCUT2D eigenvalue weighted by Gasteiger charge is -2.33. The molecule has 2 aromatic heterocycles. The molecule has 44 heavy (non-hydrogen) atoms. The third-order valence-corrected chi connectivity index (χ3v) is 10.2. The van der Waals surface area contributed by atoms with E-state index >= 15 is 0 Å². The number of piperidine rings is 1. The number of carbonyl (C=O) groups excluding carboxylic acids is 2. The smallest absolute Gasteiger partial charge is 0.258 e. The highest BCUT2D eigenvalue weighted by Crippen LogP contribution is 2.59. The van der Waals surface area contributed by atoms with Crippen molar-refractivity contribution in [3.8, 4) is 11.3 Å². The third kappa shape index (κ3) is 6.99. The van der Waals surface area contributed by atoms with E-state index in [2.05, 4.69) is 15.2 Å². The van der Waals surface area contributed by atoms with Crippen LogP contribution in [0.1, 0.15) is 89.4 Å². The van der Waals surface area contributed by atoms with Gasteiger partial charge < -0.3 is 24.5 Å². The van der Waals surface area contributed by atoms with E-state index in [0.29, 0.717) is 37.2 Å². The SMILES string of the molecule is CCC(=O)CCCCCC1NC(=O)[C@H]2CC23CCN(CCCOCCCn2ccc4cc(ccc4c2=O)-c2cnc1[nH]2)CC3. The van der Waals surface area contributed by atoms with E-state index in [0.717, 1.165) is 106 Å². The minimum atomic E-state index is -0.214. The van der Waals surface area contributed by atoms with Crippen LogP contribution in [0, 0.1) is 11.3 Å². The molecule has 9 nitrogen and oxygen atoms in total. The Labute approximate surface area is 259 Å². The molecule has 1 spiro atoms. The molecule has 1 aromatic carbocycles. The van der Waals surface area contributed by atoms with Crippen molar-refractivity contribution in [1.82, 2.24) is 24.8 Å². The first kappa shape index (κ1) is 30.7. The molecule has 0 radical (unpaired) electrons. The second-order valence-corrected chi connectivity index (χ2v) is 13.1. The lowest BCUT2D eigenvalue weighted by Crippen LogP contribution is -2.38. The topological polar surface area (TPSA) is 109 Å². The van der Waals surface area contributed by atoms with Gasteiger partial charge in [-0.25, -0.2) is 4.98 Å². The number of rotatable bonds is 7. The number of H-pyrrole nitrogens is 1. The molecule has 2 fully saturated rings. The molecule has 1 aliphatic carbocycles. The molecule has 1 unspecified atom stereocenters. The zero-order chi connectivity index (χ0) is 30.5. The Hall–Kier alpha value is -3.30. The fraction of sp³-hybridized carbons (Fsp3) is 0.600. The van der Waals surface area contributed by atoms with E-state index in [-0.39, 0.29) is 28.8 Å². The molecule has 236 valence electrons. The fourth-order valence-corrected chi connectivity index (χ4v) is 7.19. The summed E-state index contributed by atoms with van der Waals surface area (Å²) in [5.41, 5.74) is 1.97. The summed E-state index contributed by atoms with van der Waals surface area (Å²) in [7, 11) is 0. The second-order valence-electron chi connectivity index (χ2n) is 13.1. The molecule has 1 saturated carbocycles. The van der Waals surface area contributed by atoms with Crippen molar-refractivity contribution in [2.24, 2.45) is 11.3 Å². The molecule has 1 saturated heterocycles. The summed E-state index contributed by atoms with van der Waals surface area (Å²) in [6.45, 7) is 7.02. The number of pyridine rings is 1. The van der Waals surface area contributed by atoms with Crippen molar-refractivity contribution < 1.29 is 14.3 Å². The molecule has 10 rings (SSSR count). The number of amides is 1. The molecular weight excluding hydrogens is 554 g/mol. The Morgan fingerprint density at radius 2 is 1.86 bits per heavy atom. The summed E-state index contributed by atoms with van der Waals surface area (Å²) in [5.74, 6) is 1.28. The number of Topliss-reactive ketones (excluding diaryl/α,β-unsaturated/α-hetero) is 1. The standard InChI is InChI=1S/C35H47N5O4/c1-2-27(41)8-4-3-5-9-30-32-36-24-31(37-32)26-10-11-28-25(22-26)12-17-40(34(28)43)16-7-21-44-20-6-15-39-18-13-35(14-19-39)23-29(35)33(42)38-30/h10-12,17,22,24,29-30H,2-9,13-16,18-21,23H2,1H3,(H,36,37)(H,38,42)/t29-,30?/m1/s1. The number of ether oxygens (including phenoxy) is 1. The Kier molecular flexibility index (Phi) is 9.62. The van der Waals surface area contributed by atoms with Gasteiger partial charge in [-0.2, -0.15) is 0 Å². The number of nitrogens with zero attached hydrogens (tertiary/aromatic N) is 3. The fourth-order valence-electron chi connectivity index (χ4n) is 7.19. The van der Waals surface area contributed by atoms with E-state index in [1.165, 1.54) is 0 Å². The molecule has 6 aliphatic heterocycles. The largest absolute Gasteiger partial charge is 0.381 e. The molecule has 2 N–H and O–H groups in total. The molecule has 8 bridgehead atoms. The molecule has 2 atom stereocenters. The van der Waals surface area contributed by atoms with Gasteiger partial charge in [0, 0.05) is 62.2 Å². The lowest BCUT2D eigenvalue weighted by molar-refractivity contribution is -0.124. The maximum absolute atomic E-state index is 13.6.